The van der Waals surface area contributed by atoms with Crippen LogP contribution in [0.3, 0.4) is 0 Å². The molecule has 2 aliphatic carbocycles. The molecule has 2 nitrogen and oxygen atoms in total. The first-order valence-corrected chi connectivity index (χ1v) is 10.9. The first-order chi connectivity index (χ1) is 9.80. The highest BCUT2D eigenvalue weighted by atomic mass is 28.4. The molecule has 2 aliphatic rings. The molecule has 20 heavy (non-hydrogen) atoms. The van der Waals surface area contributed by atoms with Gasteiger partial charge in [0.05, 0.1) is 0 Å². The van der Waals surface area contributed by atoms with Crippen molar-refractivity contribution in [3.8, 4) is 0 Å². The van der Waals surface area contributed by atoms with Crippen molar-refractivity contribution in [2.45, 2.75) is 83.6 Å². The molecule has 0 heterocycles. The van der Waals surface area contributed by atoms with Gasteiger partial charge in [0.1, 0.15) is 0 Å². The van der Waals surface area contributed by atoms with Crippen LogP contribution in [0.25, 0.3) is 0 Å². The van der Waals surface area contributed by atoms with E-state index in [1.165, 1.54) is 64.2 Å². The van der Waals surface area contributed by atoms with Gasteiger partial charge in [-0.15, -0.1) is 0 Å². The first-order valence-electron chi connectivity index (χ1n) is 8.94. The molecule has 0 amide bonds. The minimum atomic E-state index is -2.10. The molecule has 2 saturated carbocycles. The summed E-state index contributed by atoms with van der Waals surface area (Å²) in [6, 6.07) is 2.61. The SMILES string of the molecule is CCO[Si]([CH]C1CCCCCC1)(OCC)C1CCCC1. The van der Waals surface area contributed by atoms with E-state index in [9.17, 15) is 0 Å². The van der Waals surface area contributed by atoms with E-state index in [2.05, 4.69) is 19.9 Å². The average molecular weight is 298 g/mol. The third kappa shape index (κ3) is 4.31. The topological polar surface area (TPSA) is 18.5 Å². The third-order valence-electron chi connectivity index (χ3n) is 5.03. The normalized spacial score (nSPS) is 23.1. The van der Waals surface area contributed by atoms with E-state index in [0.29, 0.717) is 5.54 Å². The van der Waals surface area contributed by atoms with Gasteiger partial charge in [-0.1, -0.05) is 51.4 Å². The van der Waals surface area contributed by atoms with Crippen LogP contribution < -0.4 is 0 Å². The molecule has 3 heteroatoms. The largest absolute Gasteiger partial charge is 0.394 e. The molecule has 0 unspecified atom stereocenters. The van der Waals surface area contributed by atoms with Crippen molar-refractivity contribution in [3.05, 3.63) is 6.04 Å². The average Bonchev–Trinajstić information content (AvgIpc) is 2.87. The van der Waals surface area contributed by atoms with Gasteiger partial charge in [-0.2, -0.15) is 0 Å². The van der Waals surface area contributed by atoms with E-state index < -0.39 is 8.56 Å². The van der Waals surface area contributed by atoms with Gasteiger partial charge in [0, 0.05) is 24.8 Å². The Morgan fingerprint density at radius 1 is 0.800 bits per heavy atom. The molecule has 0 bridgehead atoms. The van der Waals surface area contributed by atoms with E-state index >= 15 is 0 Å². The summed E-state index contributed by atoms with van der Waals surface area (Å²) >= 11 is 0. The van der Waals surface area contributed by atoms with Crippen molar-refractivity contribution < 1.29 is 8.85 Å². The smallest absolute Gasteiger partial charge is 0.345 e. The van der Waals surface area contributed by atoms with Crippen LogP contribution in [0.5, 0.6) is 0 Å². The van der Waals surface area contributed by atoms with Gasteiger partial charge in [-0.3, -0.25) is 0 Å². The Kier molecular flexibility index (Phi) is 7.06. The maximum atomic E-state index is 6.36. The lowest BCUT2D eigenvalue weighted by atomic mass is 10.0. The second kappa shape index (κ2) is 8.55. The molecule has 117 valence electrons. The number of hydrogen-bond acceptors (Lipinski definition) is 2. The maximum absolute atomic E-state index is 6.36. The second-order valence-corrected chi connectivity index (χ2v) is 9.66. The van der Waals surface area contributed by atoms with Gasteiger partial charge in [-0.05, 0) is 32.6 Å². The molecule has 0 spiro atoms. The zero-order valence-electron chi connectivity index (χ0n) is 13.5. The van der Waals surface area contributed by atoms with Crippen LogP contribution >= 0.6 is 0 Å². The molecule has 0 aromatic heterocycles. The van der Waals surface area contributed by atoms with Gasteiger partial charge in [-0.25, -0.2) is 0 Å². The zero-order valence-corrected chi connectivity index (χ0v) is 14.5. The molecular weight excluding hydrogens is 264 g/mol. The van der Waals surface area contributed by atoms with Crippen molar-refractivity contribution in [1.29, 1.82) is 0 Å². The molecule has 1 radical (unpaired) electrons. The summed E-state index contributed by atoms with van der Waals surface area (Å²) in [6.07, 6.45) is 13.8. The Hall–Kier alpha value is 0.137. The Morgan fingerprint density at radius 3 is 1.80 bits per heavy atom. The fourth-order valence-corrected chi connectivity index (χ4v) is 8.22. The monoisotopic (exact) mass is 297 g/mol. The Bertz CT molecular complexity index is 250. The van der Waals surface area contributed by atoms with E-state index in [0.717, 1.165) is 19.1 Å². The Balaban J connectivity index is 2.05. The highest BCUT2D eigenvalue weighted by Gasteiger charge is 2.48. The van der Waals surface area contributed by atoms with E-state index in [1.54, 1.807) is 0 Å². The summed E-state index contributed by atoms with van der Waals surface area (Å²) in [7, 11) is -2.10. The minimum Gasteiger partial charge on any atom is -0.394 e. The summed E-state index contributed by atoms with van der Waals surface area (Å²) in [5, 5.41) is 0. The van der Waals surface area contributed by atoms with Gasteiger partial charge in [0.2, 0.25) is 0 Å². The summed E-state index contributed by atoms with van der Waals surface area (Å²) in [4.78, 5) is 0. The van der Waals surface area contributed by atoms with E-state index in [1.807, 2.05) is 0 Å². The lowest BCUT2D eigenvalue weighted by Crippen LogP contribution is -2.49. The van der Waals surface area contributed by atoms with Crippen LogP contribution in [0.4, 0.5) is 0 Å². The molecule has 0 N–H and O–H groups in total. The predicted octanol–water partition coefficient (Wildman–Crippen LogP) is 5.16. The standard InChI is InChI=1S/C17H33O2Si/c1-3-18-20(19-4-2,17-13-9-10-14-17)15-16-11-7-5-6-8-12-16/h15-17H,3-14H2,1-2H3. The zero-order chi connectivity index (χ0) is 14.3. The van der Waals surface area contributed by atoms with Gasteiger partial charge in [0.15, 0.2) is 0 Å². The molecule has 2 rings (SSSR count). The fourth-order valence-electron chi connectivity index (χ4n) is 4.10. The van der Waals surface area contributed by atoms with E-state index in [4.69, 9.17) is 8.85 Å². The van der Waals surface area contributed by atoms with Crippen LogP contribution in [0.15, 0.2) is 0 Å². The van der Waals surface area contributed by atoms with Crippen molar-refractivity contribution in [3.63, 3.8) is 0 Å². The van der Waals surface area contributed by atoms with E-state index in [-0.39, 0.29) is 0 Å². The summed E-state index contributed by atoms with van der Waals surface area (Å²) in [5.41, 5.74) is 0.714. The summed E-state index contributed by atoms with van der Waals surface area (Å²) < 4.78 is 12.7. The molecule has 0 aromatic carbocycles. The molecule has 2 fully saturated rings. The lowest BCUT2D eigenvalue weighted by molar-refractivity contribution is 0.174. The highest BCUT2D eigenvalue weighted by Crippen LogP contribution is 2.43. The highest BCUT2D eigenvalue weighted by molar-refractivity contribution is 6.72. The first kappa shape index (κ1) is 16.5. The van der Waals surface area contributed by atoms with Crippen LogP contribution in [0.2, 0.25) is 5.54 Å². The van der Waals surface area contributed by atoms with Crippen LogP contribution in [0.1, 0.15) is 78.1 Å². The van der Waals surface area contributed by atoms with Crippen molar-refractivity contribution in [2.24, 2.45) is 5.92 Å². The van der Waals surface area contributed by atoms with Crippen LogP contribution in [-0.4, -0.2) is 21.8 Å². The molecule has 0 saturated heterocycles. The fraction of sp³-hybridized carbons (Fsp3) is 0.941. The quantitative estimate of drug-likeness (QED) is 0.477. The Labute approximate surface area is 126 Å². The van der Waals surface area contributed by atoms with Crippen LogP contribution in [0, 0.1) is 12.0 Å². The van der Waals surface area contributed by atoms with Gasteiger partial charge < -0.3 is 8.85 Å². The molecule has 0 atom stereocenters. The van der Waals surface area contributed by atoms with Gasteiger partial charge in [0.25, 0.3) is 0 Å². The van der Waals surface area contributed by atoms with Crippen LogP contribution in [-0.2, 0) is 8.85 Å². The van der Waals surface area contributed by atoms with Crippen molar-refractivity contribution >= 4 is 8.56 Å². The summed E-state index contributed by atoms with van der Waals surface area (Å²) in [5.74, 6) is 0.753. The maximum Gasteiger partial charge on any atom is 0.345 e. The molecule has 0 aliphatic heterocycles. The molecule has 0 aromatic rings. The van der Waals surface area contributed by atoms with Crippen molar-refractivity contribution in [1.82, 2.24) is 0 Å². The molecular formula is C17H33O2Si. The van der Waals surface area contributed by atoms with Gasteiger partial charge >= 0.3 is 8.56 Å². The number of rotatable bonds is 7. The lowest BCUT2D eigenvalue weighted by Gasteiger charge is -2.37. The van der Waals surface area contributed by atoms with Crippen molar-refractivity contribution in [2.75, 3.05) is 13.2 Å². The third-order valence-corrected chi connectivity index (χ3v) is 9.16. The summed E-state index contributed by atoms with van der Waals surface area (Å²) in [6.45, 7) is 5.89. The Morgan fingerprint density at radius 2 is 1.30 bits per heavy atom. The second-order valence-electron chi connectivity index (χ2n) is 6.49. The minimum absolute atomic E-state index is 0.714. The predicted molar refractivity (Wildman–Crippen MR) is 86.7 cm³/mol. The number of hydrogen-bond donors (Lipinski definition) is 0.